The second-order valence-corrected chi connectivity index (χ2v) is 5.86. The molecule has 1 atom stereocenters. The van der Waals surface area contributed by atoms with Gasteiger partial charge in [0.1, 0.15) is 5.01 Å². The number of rotatable bonds is 4. The van der Waals surface area contributed by atoms with Gasteiger partial charge in [0.25, 0.3) is 0 Å². The highest BCUT2D eigenvalue weighted by Gasteiger charge is 2.17. The van der Waals surface area contributed by atoms with Crippen LogP contribution in [0.1, 0.15) is 19.3 Å². The summed E-state index contributed by atoms with van der Waals surface area (Å²) in [5.74, 6) is 0.0701. The average molecular weight is 324 g/mol. The lowest BCUT2D eigenvalue weighted by Crippen LogP contribution is -2.27. The van der Waals surface area contributed by atoms with E-state index in [1.807, 2.05) is 29.6 Å². The molecular weight excluding hydrogens is 306 g/mol. The summed E-state index contributed by atoms with van der Waals surface area (Å²) in [5, 5.41) is 9.23. The van der Waals surface area contributed by atoms with E-state index in [9.17, 15) is 4.79 Å². The van der Waals surface area contributed by atoms with Crippen LogP contribution in [0.5, 0.6) is 0 Å². The molecule has 1 aromatic heterocycles. The van der Waals surface area contributed by atoms with Crippen molar-refractivity contribution in [1.29, 1.82) is 0 Å². The Balaban J connectivity index is 0.00000161. The number of hydrogen-bond donors (Lipinski definition) is 2. The van der Waals surface area contributed by atoms with Gasteiger partial charge in [0, 0.05) is 35.3 Å². The Morgan fingerprint density at radius 2 is 2.38 bits per heavy atom. The second kappa shape index (κ2) is 7.54. The van der Waals surface area contributed by atoms with Gasteiger partial charge in [-0.1, -0.05) is 12.1 Å². The van der Waals surface area contributed by atoms with Gasteiger partial charge in [-0.25, -0.2) is 4.98 Å². The SMILES string of the molecule is Cl.O=C(CC1CCCN1)Nc1cccc(-c2nccs2)c1. The van der Waals surface area contributed by atoms with Gasteiger partial charge in [0.2, 0.25) is 5.91 Å². The number of carbonyl (C=O) groups is 1. The molecule has 0 spiro atoms. The Morgan fingerprint density at radius 3 is 3.10 bits per heavy atom. The molecule has 2 aromatic rings. The fourth-order valence-electron chi connectivity index (χ4n) is 2.46. The molecule has 1 aliphatic heterocycles. The van der Waals surface area contributed by atoms with Gasteiger partial charge >= 0.3 is 0 Å². The molecule has 6 heteroatoms. The molecule has 0 bridgehead atoms. The molecule has 0 radical (unpaired) electrons. The van der Waals surface area contributed by atoms with Gasteiger partial charge in [-0.15, -0.1) is 23.7 Å². The predicted molar refractivity (Wildman–Crippen MR) is 89.1 cm³/mol. The number of benzene rings is 1. The number of thiazole rings is 1. The molecule has 1 fully saturated rings. The van der Waals surface area contributed by atoms with Crippen LogP contribution in [0.4, 0.5) is 5.69 Å². The normalized spacial score (nSPS) is 17.2. The maximum absolute atomic E-state index is 12.0. The number of anilines is 1. The van der Waals surface area contributed by atoms with Gasteiger partial charge in [0.15, 0.2) is 0 Å². The summed E-state index contributed by atoms with van der Waals surface area (Å²) in [4.78, 5) is 16.3. The Labute approximate surface area is 134 Å². The summed E-state index contributed by atoms with van der Waals surface area (Å²) in [7, 11) is 0. The first kappa shape index (κ1) is 15.9. The lowest BCUT2D eigenvalue weighted by Gasteiger charge is -2.11. The van der Waals surface area contributed by atoms with Crippen molar-refractivity contribution < 1.29 is 4.79 Å². The topological polar surface area (TPSA) is 54.0 Å². The van der Waals surface area contributed by atoms with Crippen molar-refractivity contribution in [3.8, 4) is 10.6 Å². The minimum atomic E-state index is 0. The van der Waals surface area contributed by atoms with E-state index in [0.29, 0.717) is 12.5 Å². The molecule has 112 valence electrons. The zero-order valence-corrected chi connectivity index (χ0v) is 13.2. The van der Waals surface area contributed by atoms with Crippen LogP contribution in [0.15, 0.2) is 35.8 Å². The second-order valence-electron chi connectivity index (χ2n) is 4.96. The molecule has 2 N–H and O–H groups in total. The van der Waals surface area contributed by atoms with Crippen LogP contribution in [0.3, 0.4) is 0 Å². The highest BCUT2D eigenvalue weighted by Crippen LogP contribution is 2.24. The van der Waals surface area contributed by atoms with E-state index in [4.69, 9.17) is 0 Å². The molecule has 1 saturated heterocycles. The Bertz CT molecular complexity index is 582. The minimum Gasteiger partial charge on any atom is -0.326 e. The molecule has 0 saturated carbocycles. The lowest BCUT2D eigenvalue weighted by molar-refractivity contribution is -0.116. The molecular formula is C15H18ClN3OS. The Morgan fingerprint density at radius 1 is 1.48 bits per heavy atom. The first-order valence-electron chi connectivity index (χ1n) is 6.84. The lowest BCUT2D eigenvalue weighted by atomic mass is 10.1. The van der Waals surface area contributed by atoms with Crippen molar-refractivity contribution in [2.24, 2.45) is 0 Å². The molecule has 0 aliphatic carbocycles. The van der Waals surface area contributed by atoms with Crippen molar-refractivity contribution in [2.75, 3.05) is 11.9 Å². The number of aromatic nitrogens is 1. The fraction of sp³-hybridized carbons (Fsp3) is 0.333. The first-order chi connectivity index (χ1) is 9.81. The van der Waals surface area contributed by atoms with Crippen LogP contribution >= 0.6 is 23.7 Å². The van der Waals surface area contributed by atoms with Crippen LogP contribution in [0.25, 0.3) is 10.6 Å². The van der Waals surface area contributed by atoms with Crippen molar-refractivity contribution in [2.45, 2.75) is 25.3 Å². The van der Waals surface area contributed by atoms with E-state index in [0.717, 1.165) is 35.6 Å². The Hall–Kier alpha value is -1.43. The van der Waals surface area contributed by atoms with Gasteiger partial charge < -0.3 is 10.6 Å². The van der Waals surface area contributed by atoms with Gasteiger partial charge in [-0.05, 0) is 31.5 Å². The van der Waals surface area contributed by atoms with E-state index < -0.39 is 0 Å². The van der Waals surface area contributed by atoms with Crippen LogP contribution in [-0.2, 0) is 4.79 Å². The van der Waals surface area contributed by atoms with Crippen LogP contribution in [0.2, 0.25) is 0 Å². The first-order valence-corrected chi connectivity index (χ1v) is 7.72. The summed E-state index contributed by atoms with van der Waals surface area (Å²) >= 11 is 1.60. The van der Waals surface area contributed by atoms with Gasteiger partial charge in [-0.3, -0.25) is 4.79 Å². The van der Waals surface area contributed by atoms with Gasteiger partial charge in [-0.2, -0.15) is 0 Å². The summed E-state index contributed by atoms with van der Waals surface area (Å²) in [6.07, 6.45) is 4.59. The highest BCUT2D eigenvalue weighted by molar-refractivity contribution is 7.13. The van der Waals surface area contributed by atoms with E-state index in [1.165, 1.54) is 0 Å². The zero-order valence-electron chi connectivity index (χ0n) is 11.5. The fourth-order valence-corrected chi connectivity index (χ4v) is 3.10. The molecule has 1 aromatic carbocycles. The number of nitrogens with one attached hydrogen (secondary N) is 2. The highest BCUT2D eigenvalue weighted by atomic mass is 35.5. The zero-order chi connectivity index (χ0) is 13.8. The van der Waals surface area contributed by atoms with E-state index >= 15 is 0 Å². The number of halogens is 1. The third-order valence-corrected chi connectivity index (χ3v) is 4.24. The van der Waals surface area contributed by atoms with Crippen molar-refractivity contribution in [1.82, 2.24) is 10.3 Å². The minimum absolute atomic E-state index is 0. The Kier molecular flexibility index (Phi) is 5.73. The number of carbonyl (C=O) groups excluding carboxylic acids is 1. The summed E-state index contributed by atoms with van der Waals surface area (Å²) < 4.78 is 0. The maximum Gasteiger partial charge on any atom is 0.225 e. The van der Waals surface area contributed by atoms with E-state index in [-0.39, 0.29) is 18.3 Å². The van der Waals surface area contributed by atoms with Crippen LogP contribution in [-0.4, -0.2) is 23.5 Å². The molecule has 4 nitrogen and oxygen atoms in total. The third-order valence-electron chi connectivity index (χ3n) is 3.42. The van der Waals surface area contributed by atoms with Crippen LogP contribution < -0.4 is 10.6 Å². The monoisotopic (exact) mass is 323 g/mol. The average Bonchev–Trinajstić information content (AvgIpc) is 3.11. The quantitative estimate of drug-likeness (QED) is 0.907. The summed E-state index contributed by atoms with van der Waals surface area (Å²) in [6, 6.07) is 8.17. The third kappa shape index (κ3) is 4.27. The standard InChI is InChI=1S/C15H17N3OS.ClH/c19-14(10-12-5-2-6-16-12)18-13-4-1-3-11(9-13)15-17-7-8-20-15;/h1,3-4,7-9,12,16H,2,5-6,10H2,(H,18,19);1H. The van der Waals surface area contributed by atoms with Crippen molar-refractivity contribution in [3.63, 3.8) is 0 Å². The van der Waals surface area contributed by atoms with Crippen molar-refractivity contribution >= 4 is 35.3 Å². The molecule has 3 rings (SSSR count). The molecule has 2 heterocycles. The molecule has 1 unspecified atom stereocenters. The smallest absolute Gasteiger partial charge is 0.225 e. The van der Waals surface area contributed by atoms with E-state index in [1.54, 1.807) is 17.5 Å². The number of amides is 1. The largest absolute Gasteiger partial charge is 0.326 e. The predicted octanol–water partition coefficient (Wildman–Crippen LogP) is 3.31. The molecule has 1 aliphatic rings. The molecule has 21 heavy (non-hydrogen) atoms. The molecule has 1 amide bonds. The summed E-state index contributed by atoms with van der Waals surface area (Å²) in [6.45, 7) is 1.03. The number of nitrogens with zero attached hydrogens (tertiary/aromatic N) is 1. The summed E-state index contributed by atoms with van der Waals surface area (Å²) in [5.41, 5.74) is 1.87. The van der Waals surface area contributed by atoms with E-state index in [2.05, 4.69) is 15.6 Å². The number of hydrogen-bond acceptors (Lipinski definition) is 4. The maximum atomic E-state index is 12.0. The van der Waals surface area contributed by atoms with Crippen LogP contribution in [0, 0.1) is 0 Å². The van der Waals surface area contributed by atoms with Gasteiger partial charge in [0.05, 0.1) is 0 Å². The van der Waals surface area contributed by atoms with Crippen molar-refractivity contribution in [3.05, 3.63) is 35.8 Å².